The van der Waals surface area contributed by atoms with Gasteiger partial charge in [-0.3, -0.25) is 9.59 Å². The SMILES string of the molecule is C=CCOc1cccc([C@@H]2/C(=C(\O)c3ccc(Br)cc3)C(=O)C(=O)N2CCCn2ccnc2)c1. The molecule has 1 aliphatic rings. The van der Waals surface area contributed by atoms with Gasteiger partial charge in [0.2, 0.25) is 0 Å². The van der Waals surface area contributed by atoms with E-state index in [1.54, 1.807) is 61.1 Å². The Morgan fingerprint density at radius 3 is 2.68 bits per heavy atom. The van der Waals surface area contributed by atoms with Gasteiger partial charge in [0.05, 0.1) is 17.9 Å². The first-order valence-electron chi connectivity index (χ1n) is 10.8. The van der Waals surface area contributed by atoms with E-state index in [-0.39, 0.29) is 11.3 Å². The molecule has 174 valence electrons. The van der Waals surface area contributed by atoms with E-state index in [9.17, 15) is 14.7 Å². The third kappa shape index (κ3) is 4.97. The molecule has 8 heteroatoms. The number of hydrogen-bond donors (Lipinski definition) is 1. The molecule has 3 aromatic rings. The first-order valence-corrected chi connectivity index (χ1v) is 11.6. The summed E-state index contributed by atoms with van der Waals surface area (Å²) in [5.41, 5.74) is 1.21. The summed E-state index contributed by atoms with van der Waals surface area (Å²) >= 11 is 3.38. The smallest absolute Gasteiger partial charge is 0.295 e. The van der Waals surface area contributed by atoms with Crippen LogP contribution in [0.25, 0.3) is 5.76 Å². The van der Waals surface area contributed by atoms with Gasteiger partial charge in [0, 0.05) is 35.5 Å². The van der Waals surface area contributed by atoms with E-state index in [0.717, 1.165) is 4.47 Å². The Labute approximate surface area is 206 Å². The Morgan fingerprint density at radius 2 is 1.97 bits per heavy atom. The minimum Gasteiger partial charge on any atom is -0.507 e. The van der Waals surface area contributed by atoms with E-state index < -0.39 is 17.7 Å². The van der Waals surface area contributed by atoms with Crippen LogP contribution in [0.2, 0.25) is 0 Å². The lowest BCUT2D eigenvalue weighted by atomic mass is 9.95. The van der Waals surface area contributed by atoms with Crippen molar-refractivity contribution in [3.8, 4) is 5.75 Å². The predicted molar refractivity (Wildman–Crippen MR) is 132 cm³/mol. The first-order chi connectivity index (χ1) is 16.5. The second-order valence-corrected chi connectivity index (χ2v) is 8.74. The van der Waals surface area contributed by atoms with E-state index in [1.165, 1.54) is 4.90 Å². The molecule has 2 heterocycles. The number of amides is 1. The van der Waals surface area contributed by atoms with Gasteiger partial charge in [-0.1, -0.05) is 52.9 Å². The molecule has 0 saturated carbocycles. The van der Waals surface area contributed by atoms with Crippen LogP contribution < -0.4 is 4.74 Å². The summed E-state index contributed by atoms with van der Waals surface area (Å²) in [6.07, 6.45) is 7.51. The zero-order chi connectivity index (χ0) is 24.1. The van der Waals surface area contributed by atoms with Gasteiger partial charge in [-0.25, -0.2) is 4.98 Å². The zero-order valence-electron chi connectivity index (χ0n) is 18.4. The molecule has 0 spiro atoms. The molecule has 1 fully saturated rings. The maximum Gasteiger partial charge on any atom is 0.295 e. The molecule has 34 heavy (non-hydrogen) atoms. The summed E-state index contributed by atoms with van der Waals surface area (Å²) in [6.45, 7) is 4.97. The van der Waals surface area contributed by atoms with Gasteiger partial charge in [0.1, 0.15) is 18.1 Å². The van der Waals surface area contributed by atoms with Crippen LogP contribution in [0, 0.1) is 0 Å². The Bertz CT molecular complexity index is 1220. The number of Topliss-reactive ketones (excluding diaryl/α,β-unsaturated/α-hetero) is 1. The highest BCUT2D eigenvalue weighted by Crippen LogP contribution is 2.40. The minimum atomic E-state index is -0.737. The van der Waals surface area contributed by atoms with Gasteiger partial charge in [0.25, 0.3) is 11.7 Å². The van der Waals surface area contributed by atoms with Crippen molar-refractivity contribution in [2.45, 2.75) is 19.0 Å². The summed E-state index contributed by atoms with van der Waals surface area (Å²) in [6, 6.07) is 13.4. The van der Waals surface area contributed by atoms with Crippen molar-refractivity contribution >= 4 is 33.4 Å². The van der Waals surface area contributed by atoms with Crippen LogP contribution in [-0.4, -0.2) is 44.4 Å². The standard InChI is InChI=1S/C26H24BrN3O4/c1-2-15-34-21-6-3-5-19(16-21)23-22(24(31)18-7-9-20(27)10-8-18)25(32)26(33)30(23)13-4-12-29-14-11-28-17-29/h2-3,5-11,14,16-17,23,31H,1,4,12-13,15H2/b24-22+/t23-/m1/s1. The van der Waals surface area contributed by atoms with E-state index in [0.29, 0.717) is 43.0 Å². The van der Waals surface area contributed by atoms with Gasteiger partial charge >= 0.3 is 0 Å². The largest absolute Gasteiger partial charge is 0.507 e. The minimum absolute atomic E-state index is 0.0656. The molecule has 1 saturated heterocycles. The lowest BCUT2D eigenvalue weighted by molar-refractivity contribution is -0.139. The monoisotopic (exact) mass is 521 g/mol. The van der Waals surface area contributed by atoms with E-state index in [2.05, 4.69) is 27.5 Å². The molecule has 1 atom stereocenters. The summed E-state index contributed by atoms with van der Waals surface area (Å²) in [5.74, 6) is -0.951. The second kappa shape index (κ2) is 10.5. The van der Waals surface area contributed by atoms with Gasteiger partial charge in [0.15, 0.2) is 0 Å². The topological polar surface area (TPSA) is 84.7 Å². The number of rotatable bonds is 9. The third-order valence-electron chi connectivity index (χ3n) is 5.57. The van der Waals surface area contributed by atoms with Gasteiger partial charge in [-0.15, -0.1) is 0 Å². The van der Waals surface area contributed by atoms with Crippen LogP contribution in [0.3, 0.4) is 0 Å². The Kier molecular flexibility index (Phi) is 7.27. The summed E-state index contributed by atoms with van der Waals surface area (Å²) in [4.78, 5) is 31.8. The number of carbonyl (C=O) groups excluding carboxylic acids is 2. The lowest BCUT2D eigenvalue weighted by Gasteiger charge is -2.25. The fourth-order valence-corrected chi connectivity index (χ4v) is 4.26. The van der Waals surface area contributed by atoms with Crippen LogP contribution in [-0.2, 0) is 16.1 Å². The molecule has 0 bridgehead atoms. The zero-order valence-corrected chi connectivity index (χ0v) is 20.0. The molecular formula is C26H24BrN3O4. The van der Waals surface area contributed by atoms with Crippen molar-refractivity contribution in [3.63, 3.8) is 0 Å². The molecule has 4 rings (SSSR count). The molecule has 1 N–H and O–H groups in total. The van der Waals surface area contributed by atoms with Gasteiger partial charge in [-0.2, -0.15) is 0 Å². The maximum absolute atomic E-state index is 13.2. The molecule has 2 aromatic carbocycles. The van der Waals surface area contributed by atoms with Crippen molar-refractivity contribution < 1.29 is 19.4 Å². The molecule has 7 nitrogen and oxygen atoms in total. The van der Waals surface area contributed by atoms with E-state index in [4.69, 9.17) is 4.74 Å². The van der Waals surface area contributed by atoms with Gasteiger partial charge in [-0.05, 0) is 36.2 Å². The number of benzene rings is 2. The quantitative estimate of drug-likeness (QED) is 0.190. The van der Waals surface area contributed by atoms with Crippen LogP contribution >= 0.6 is 15.9 Å². The number of halogens is 1. The Morgan fingerprint density at radius 1 is 1.18 bits per heavy atom. The average Bonchev–Trinajstić information content (AvgIpc) is 3.45. The molecular weight excluding hydrogens is 498 g/mol. The fourth-order valence-electron chi connectivity index (χ4n) is 3.99. The van der Waals surface area contributed by atoms with E-state index in [1.807, 2.05) is 16.8 Å². The predicted octanol–water partition coefficient (Wildman–Crippen LogP) is 4.72. The lowest BCUT2D eigenvalue weighted by Crippen LogP contribution is -2.31. The number of carbonyl (C=O) groups is 2. The molecule has 0 aliphatic carbocycles. The highest BCUT2D eigenvalue weighted by molar-refractivity contribution is 9.10. The van der Waals surface area contributed by atoms with E-state index >= 15 is 0 Å². The number of hydrogen-bond acceptors (Lipinski definition) is 5. The van der Waals surface area contributed by atoms with Crippen LogP contribution in [0.1, 0.15) is 23.6 Å². The summed E-state index contributed by atoms with van der Waals surface area (Å²) < 4.78 is 8.42. The molecule has 0 unspecified atom stereocenters. The van der Waals surface area contributed by atoms with Crippen molar-refractivity contribution in [1.29, 1.82) is 0 Å². The summed E-state index contributed by atoms with van der Waals surface area (Å²) in [7, 11) is 0. The number of imidazole rings is 1. The number of aryl methyl sites for hydroxylation is 1. The normalized spacial score (nSPS) is 17.2. The molecule has 0 radical (unpaired) electrons. The van der Waals surface area contributed by atoms with Crippen LogP contribution in [0.15, 0.2) is 90.0 Å². The number of likely N-dealkylation sites (tertiary alicyclic amines) is 1. The number of ether oxygens (including phenoxy) is 1. The highest BCUT2D eigenvalue weighted by Gasteiger charge is 2.45. The van der Waals surface area contributed by atoms with Crippen molar-refractivity contribution in [2.75, 3.05) is 13.2 Å². The highest BCUT2D eigenvalue weighted by atomic mass is 79.9. The number of aliphatic hydroxyl groups excluding tert-OH is 1. The first kappa shape index (κ1) is 23.5. The molecule has 1 amide bonds. The van der Waals surface area contributed by atoms with Crippen molar-refractivity contribution in [3.05, 3.63) is 101 Å². The second-order valence-electron chi connectivity index (χ2n) is 7.83. The van der Waals surface area contributed by atoms with Crippen molar-refractivity contribution in [1.82, 2.24) is 14.5 Å². The Balaban J connectivity index is 1.73. The Hall–Kier alpha value is -3.65. The third-order valence-corrected chi connectivity index (χ3v) is 6.10. The van der Waals surface area contributed by atoms with Gasteiger partial charge < -0.3 is 19.3 Å². The number of nitrogens with zero attached hydrogens (tertiary/aromatic N) is 3. The fraction of sp³-hybridized carbons (Fsp3) is 0.192. The maximum atomic E-state index is 13.2. The number of aromatic nitrogens is 2. The average molecular weight is 522 g/mol. The number of aliphatic hydroxyl groups is 1. The van der Waals surface area contributed by atoms with Crippen LogP contribution in [0.4, 0.5) is 0 Å². The molecule has 1 aromatic heterocycles. The summed E-state index contributed by atoms with van der Waals surface area (Å²) in [5, 5.41) is 11.1. The molecule has 1 aliphatic heterocycles. The van der Waals surface area contributed by atoms with Crippen molar-refractivity contribution in [2.24, 2.45) is 0 Å². The van der Waals surface area contributed by atoms with Crippen LogP contribution in [0.5, 0.6) is 5.75 Å². The number of ketones is 1.